The molecule has 122 valence electrons. The Morgan fingerprint density at radius 1 is 1.50 bits per heavy atom. The van der Waals surface area contributed by atoms with Crippen LogP contribution in [-0.2, 0) is 19.0 Å². The monoisotopic (exact) mass is 371 g/mol. The van der Waals surface area contributed by atoms with Gasteiger partial charge < -0.3 is 14.2 Å². The average molecular weight is 372 g/mol. The van der Waals surface area contributed by atoms with Gasteiger partial charge in [0, 0.05) is 19.3 Å². The van der Waals surface area contributed by atoms with Crippen LogP contribution in [0, 0.1) is 17.2 Å². The smallest absolute Gasteiger partial charge is 0.303 e. The van der Waals surface area contributed by atoms with E-state index < -0.39 is 0 Å². The van der Waals surface area contributed by atoms with Crippen LogP contribution in [0.5, 0.6) is 0 Å². The Balaban J connectivity index is 1.71. The number of nitrogens with zero attached hydrogens (tertiary/aromatic N) is 1. The van der Waals surface area contributed by atoms with Gasteiger partial charge in [0.05, 0.1) is 34.8 Å². The molecular formula is C16H22BrNO4. The number of carbonyl (C=O) groups excluding carboxylic acids is 1. The predicted molar refractivity (Wildman–Crippen MR) is 82.4 cm³/mol. The van der Waals surface area contributed by atoms with Gasteiger partial charge in [-0.25, -0.2) is 0 Å². The van der Waals surface area contributed by atoms with E-state index in [4.69, 9.17) is 19.5 Å². The second kappa shape index (κ2) is 6.10. The summed E-state index contributed by atoms with van der Waals surface area (Å²) >= 11 is 3.66. The number of hydrogen-bond donors (Lipinski definition) is 0. The van der Waals surface area contributed by atoms with Crippen LogP contribution in [0.15, 0.2) is 0 Å². The third-order valence-corrected chi connectivity index (χ3v) is 5.87. The van der Waals surface area contributed by atoms with Gasteiger partial charge in [0.25, 0.3) is 0 Å². The number of carbonyl (C=O) groups is 1. The second-order valence-corrected chi connectivity index (χ2v) is 7.99. The molecule has 0 aromatic heterocycles. The molecule has 22 heavy (non-hydrogen) atoms. The van der Waals surface area contributed by atoms with Crippen LogP contribution in [0.2, 0.25) is 0 Å². The first-order valence-electron chi connectivity index (χ1n) is 7.97. The van der Waals surface area contributed by atoms with Crippen molar-refractivity contribution in [1.29, 1.82) is 5.26 Å². The first-order chi connectivity index (χ1) is 10.4. The predicted octanol–water partition coefficient (Wildman–Crippen LogP) is 2.71. The Labute approximate surface area is 139 Å². The van der Waals surface area contributed by atoms with Crippen LogP contribution in [0.4, 0.5) is 0 Å². The van der Waals surface area contributed by atoms with Gasteiger partial charge in [-0.15, -0.1) is 0 Å². The third-order valence-electron chi connectivity index (χ3n) is 5.03. The molecule has 2 bridgehead atoms. The first kappa shape index (κ1) is 16.2. The van der Waals surface area contributed by atoms with Crippen LogP contribution < -0.4 is 0 Å². The van der Waals surface area contributed by atoms with Gasteiger partial charge in [0.1, 0.15) is 6.10 Å². The number of ether oxygens (including phenoxy) is 3. The lowest BCUT2D eigenvalue weighted by Crippen LogP contribution is -2.53. The Bertz CT molecular complexity index is 493. The maximum atomic E-state index is 11.3. The van der Waals surface area contributed by atoms with Gasteiger partial charge in [-0.1, -0.05) is 15.9 Å². The van der Waals surface area contributed by atoms with Crippen LogP contribution in [0.3, 0.4) is 0 Å². The van der Waals surface area contributed by atoms with Crippen molar-refractivity contribution in [3.8, 4) is 6.07 Å². The number of halogens is 1. The van der Waals surface area contributed by atoms with Crippen molar-refractivity contribution in [1.82, 2.24) is 0 Å². The van der Waals surface area contributed by atoms with Crippen LogP contribution in [0.1, 0.15) is 46.0 Å². The molecule has 2 heterocycles. The average Bonchev–Trinajstić information content (AvgIpc) is 2.76. The minimum Gasteiger partial charge on any atom is -0.459 e. The molecule has 0 aromatic carbocycles. The highest BCUT2D eigenvalue weighted by molar-refractivity contribution is 9.09. The van der Waals surface area contributed by atoms with Gasteiger partial charge in [-0.2, -0.15) is 5.26 Å². The van der Waals surface area contributed by atoms with Crippen molar-refractivity contribution in [2.75, 3.05) is 0 Å². The molecule has 7 atom stereocenters. The number of rotatable bonds is 3. The zero-order valence-corrected chi connectivity index (χ0v) is 14.5. The van der Waals surface area contributed by atoms with Crippen molar-refractivity contribution in [3.05, 3.63) is 0 Å². The summed E-state index contributed by atoms with van der Waals surface area (Å²) in [6.45, 7) is 3.37. The summed E-state index contributed by atoms with van der Waals surface area (Å²) in [6, 6.07) is 2.28. The maximum Gasteiger partial charge on any atom is 0.303 e. The van der Waals surface area contributed by atoms with E-state index in [-0.39, 0.29) is 46.7 Å². The fraction of sp³-hybridized carbons (Fsp3) is 0.875. The van der Waals surface area contributed by atoms with Crippen LogP contribution in [-0.4, -0.2) is 40.8 Å². The molecule has 0 aromatic rings. The topological polar surface area (TPSA) is 68.5 Å². The molecule has 6 heteroatoms. The summed E-state index contributed by atoms with van der Waals surface area (Å²) in [5.74, 6) is -0.265. The summed E-state index contributed by atoms with van der Waals surface area (Å²) in [6.07, 6.45) is 4.06. The maximum absolute atomic E-state index is 11.3. The number of hydrogen-bond acceptors (Lipinski definition) is 5. The van der Waals surface area contributed by atoms with E-state index in [0.29, 0.717) is 0 Å². The van der Waals surface area contributed by atoms with Crippen molar-refractivity contribution in [2.24, 2.45) is 5.92 Å². The van der Waals surface area contributed by atoms with E-state index in [1.54, 1.807) is 0 Å². The summed E-state index contributed by atoms with van der Waals surface area (Å²) in [5.41, 5.74) is -0.284. The van der Waals surface area contributed by atoms with Gasteiger partial charge in [0.2, 0.25) is 0 Å². The van der Waals surface area contributed by atoms with E-state index in [0.717, 1.165) is 32.1 Å². The molecule has 5 nitrogen and oxygen atoms in total. The molecule has 0 radical (unpaired) electrons. The quantitative estimate of drug-likeness (QED) is 0.563. The van der Waals surface area contributed by atoms with Gasteiger partial charge in [-0.05, 0) is 32.6 Å². The van der Waals surface area contributed by atoms with Crippen molar-refractivity contribution < 1.29 is 19.0 Å². The number of fused-ring (bicyclic) bond motifs is 1. The molecule has 3 fully saturated rings. The Kier molecular flexibility index (Phi) is 4.50. The summed E-state index contributed by atoms with van der Waals surface area (Å²) in [7, 11) is 0. The summed E-state index contributed by atoms with van der Waals surface area (Å²) in [5, 5.41) is 9.00. The summed E-state index contributed by atoms with van der Waals surface area (Å²) < 4.78 is 18.0. The van der Waals surface area contributed by atoms with E-state index in [1.165, 1.54) is 6.92 Å². The molecule has 1 saturated carbocycles. The van der Waals surface area contributed by atoms with E-state index in [2.05, 4.69) is 22.0 Å². The third kappa shape index (κ3) is 2.91. The zero-order chi connectivity index (χ0) is 15.9. The lowest BCUT2D eigenvalue weighted by Gasteiger charge is -2.45. The highest BCUT2D eigenvalue weighted by Crippen LogP contribution is 2.51. The fourth-order valence-corrected chi connectivity index (χ4v) is 5.12. The van der Waals surface area contributed by atoms with Crippen molar-refractivity contribution in [2.45, 2.75) is 80.8 Å². The number of esters is 1. The standard InChI is InChI=1S/C16H22BrNO4/c1-9(8-18)5-11-3-4-14-16(22-11)6-12(17)15(20-10(2)19)13(7-16)21-14/h9,11-15H,3-7H2,1-2H3/t9-,11?,12?,13-,14+,15-,16+/m1/s1. The lowest BCUT2D eigenvalue weighted by molar-refractivity contribution is -0.168. The van der Waals surface area contributed by atoms with E-state index in [9.17, 15) is 4.79 Å². The van der Waals surface area contributed by atoms with Gasteiger partial charge in [0.15, 0.2) is 0 Å². The second-order valence-electron chi connectivity index (χ2n) is 6.81. The van der Waals surface area contributed by atoms with Crippen molar-refractivity contribution in [3.63, 3.8) is 0 Å². The highest BCUT2D eigenvalue weighted by atomic mass is 79.9. The fourth-order valence-electron chi connectivity index (χ4n) is 4.13. The molecule has 3 aliphatic rings. The molecule has 0 amide bonds. The van der Waals surface area contributed by atoms with Crippen molar-refractivity contribution >= 4 is 21.9 Å². The molecule has 1 aliphatic carbocycles. The Morgan fingerprint density at radius 2 is 2.27 bits per heavy atom. The lowest BCUT2D eigenvalue weighted by atomic mass is 9.77. The van der Waals surface area contributed by atoms with Gasteiger partial charge in [-0.3, -0.25) is 4.79 Å². The number of nitriles is 1. The number of alkyl halides is 1. The Morgan fingerprint density at radius 3 is 2.95 bits per heavy atom. The van der Waals surface area contributed by atoms with E-state index >= 15 is 0 Å². The zero-order valence-electron chi connectivity index (χ0n) is 13.0. The molecule has 1 spiro atoms. The molecule has 2 unspecified atom stereocenters. The van der Waals surface area contributed by atoms with Crippen LogP contribution in [0.25, 0.3) is 0 Å². The highest BCUT2D eigenvalue weighted by Gasteiger charge is 2.60. The molecule has 2 aliphatic heterocycles. The molecule has 2 saturated heterocycles. The normalized spacial score (nSPS) is 44.7. The first-order valence-corrected chi connectivity index (χ1v) is 8.89. The summed E-state index contributed by atoms with van der Waals surface area (Å²) in [4.78, 5) is 11.3. The largest absolute Gasteiger partial charge is 0.459 e. The minimum atomic E-state index is -0.284. The van der Waals surface area contributed by atoms with Crippen LogP contribution >= 0.6 is 15.9 Å². The molecule has 3 rings (SSSR count). The minimum absolute atomic E-state index is 0.00761. The van der Waals surface area contributed by atoms with E-state index in [1.807, 2.05) is 6.92 Å². The molecular weight excluding hydrogens is 350 g/mol. The SMILES string of the molecule is CC(=O)O[C@@H]1C(Br)C[C@]23C[C@H]1O[C@H]2CCC(C[C@@H](C)C#N)O3. The Hall–Kier alpha value is -0.640. The molecule has 0 N–H and O–H groups in total. The van der Waals surface area contributed by atoms with Gasteiger partial charge >= 0.3 is 5.97 Å².